The zero-order valence-electron chi connectivity index (χ0n) is 13.1. The van der Waals surface area contributed by atoms with E-state index in [0.717, 1.165) is 0 Å². The molecule has 0 bridgehead atoms. The predicted octanol–water partition coefficient (Wildman–Crippen LogP) is 0.847. The normalized spacial score (nSPS) is 21.0. The van der Waals surface area contributed by atoms with Crippen molar-refractivity contribution in [3.05, 3.63) is 22.8 Å². The Morgan fingerprint density at radius 2 is 2.30 bits per heavy atom. The fourth-order valence-corrected chi connectivity index (χ4v) is 2.94. The minimum atomic E-state index is -1.21. The number of pyridine rings is 1. The lowest BCUT2D eigenvalue weighted by Gasteiger charge is -2.38. The van der Waals surface area contributed by atoms with E-state index in [2.05, 4.69) is 10.3 Å². The third-order valence-electron chi connectivity index (χ3n) is 3.86. The quantitative estimate of drug-likeness (QED) is 0.847. The van der Waals surface area contributed by atoms with E-state index in [1.807, 2.05) is 0 Å². The number of halogens is 1. The van der Waals surface area contributed by atoms with Gasteiger partial charge in [-0.3, -0.25) is 9.59 Å². The third-order valence-corrected chi connectivity index (χ3v) is 4.13. The maximum Gasteiger partial charge on any atom is 0.255 e. The van der Waals surface area contributed by atoms with Crippen LogP contribution in [-0.4, -0.2) is 59.7 Å². The lowest BCUT2D eigenvalue weighted by molar-refractivity contribution is -0.127. The van der Waals surface area contributed by atoms with Gasteiger partial charge in [-0.25, -0.2) is 4.98 Å². The van der Waals surface area contributed by atoms with Crippen LogP contribution < -0.4 is 10.1 Å². The molecule has 2 rings (SSSR count). The number of hydrogen-bond donors (Lipinski definition) is 2. The molecule has 2 heterocycles. The molecule has 1 aliphatic heterocycles. The smallest absolute Gasteiger partial charge is 0.255 e. The number of carbonyl (C=O) groups excluding carboxylic acids is 2. The number of aromatic nitrogens is 1. The van der Waals surface area contributed by atoms with Crippen molar-refractivity contribution in [2.24, 2.45) is 0 Å². The molecule has 1 unspecified atom stereocenters. The van der Waals surface area contributed by atoms with Gasteiger partial charge in [-0.05, 0) is 18.9 Å². The SMILES string of the molecule is CNC(=O)CC1(O)CCCN(C(=O)c2cnc(OC)c(Cl)c2)C1. The molecule has 1 fully saturated rings. The molecule has 2 N–H and O–H groups in total. The molecule has 1 aromatic rings. The molecule has 1 aliphatic rings. The Hall–Kier alpha value is -1.86. The number of β-amino-alcohol motifs (C(OH)–C–C–N with tert-alkyl or cyclic N) is 1. The second kappa shape index (κ2) is 7.14. The molecule has 0 spiro atoms. The Morgan fingerprint density at radius 3 is 2.91 bits per heavy atom. The Morgan fingerprint density at radius 1 is 1.57 bits per heavy atom. The van der Waals surface area contributed by atoms with Gasteiger partial charge in [0, 0.05) is 19.8 Å². The second-order valence-electron chi connectivity index (χ2n) is 5.62. The predicted molar refractivity (Wildman–Crippen MR) is 84.6 cm³/mol. The first kappa shape index (κ1) is 17.5. The molecule has 23 heavy (non-hydrogen) atoms. The molecule has 0 aliphatic carbocycles. The number of methoxy groups -OCH3 is 1. The lowest BCUT2D eigenvalue weighted by atomic mass is 9.89. The van der Waals surface area contributed by atoms with E-state index in [-0.39, 0.29) is 35.7 Å². The van der Waals surface area contributed by atoms with Crippen molar-refractivity contribution in [2.75, 3.05) is 27.2 Å². The summed E-state index contributed by atoms with van der Waals surface area (Å²) in [6.07, 6.45) is 2.46. The summed E-state index contributed by atoms with van der Waals surface area (Å²) in [5.41, 5.74) is -0.891. The largest absolute Gasteiger partial charge is 0.480 e. The van der Waals surface area contributed by atoms with Crippen molar-refractivity contribution in [1.82, 2.24) is 15.2 Å². The Bertz CT molecular complexity index is 610. The van der Waals surface area contributed by atoms with Crippen LogP contribution in [0.4, 0.5) is 0 Å². The molecule has 7 nitrogen and oxygen atoms in total. The molecule has 126 valence electrons. The van der Waals surface area contributed by atoms with E-state index in [1.165, 1.54) is 31.3 Å². The second-order valence-corrected chi connectivity index (χ2v) is 6.03. The van der Waals surface area contributed by atoms with E-state index < -0.39 is 5.60 Å². The molecule has 2 amide bonds. The van der Waals surface area contributed by atoms with Crippen LogP contribution >= 0.6 is 11.6 Å². The number of ether oxygens (including phenoxy) is 1. The molecule has 1 aromatic heterocycles. The Kier molecular flexibility index (Phi) is 5.43. The van der Waals surface area contributed by atoms with Crippen LogP contribution in [0, 0.1) is 0 Å². The molecule has 8 heteroatoms. The van der Waals surface area contributed by atoms with Gasteiger partial charge in [-0.2, -0.15) is 0 Å². The summed E-state index contributed by atoms with van der Waals surface area (Å²) >= 11 is 6.00. The summed E-state index contributed by atoms with van der Waals surface area (Å²) in [4.78, 5) is 29.6. The van der Waals surface area contributed by atoms with Crippen molar-refractivity contribution in [3.63, 3.8) is 0 Å². The highest BCUT2D eigenvalue weighted by atomic mass is 35.5. The van der Waals surface area contributed by atoms with E-state index >= 15 is 0 Å². The summed E-state index contributed by atoms with van der Waals surface area (Å²) in [5, 5.41) is 13.3. The van der Waals surface area contributed by atoms with Gasteiger partial charge in [0.25, 0.3) is 5.91 Å². The summed E-state index contributed by atoms with van der Waals surface area (Å²) in [5.74, 6) is -0.286. The van der Waals surface area contributed by atoms with Crippen molar-refractivity contribution < 1.29 is 19.4 Å². The van der Waals surface area contributed by atoms with Crippen LogP contribution in [0.3, 0.4) is 0 Å². The number of carbonyl (C=O) groups is 2. The van der Waals surface area contributed by atoms with Crippen molar-refractivity contribution in [3.8, 4) is 5.88 Å². The lowest BCUT2D eigenvalue weighted by Crippen LogP contribution is -2.52. The fourth-order valence-electron chi connectivity index (χ4n) is 2.69. The van der Waals surface area contributed by atoms with Gasteiger partial charge in [0.1, 0.15) is 5.02 Å². The number of piperidine rings is 1. The average Bonchev–Trinajstić information content (AvgIpc) is 2.53. The monoisotopic (exact) mass is 341 g/mol. The van der Waals surface area contributed by atoms with Crippen molar-refractivity contribution in [1.29, 1.82) is 0 Å². The maximum absolute atomic E-state index is 12.6. The van der Waals surface area contributed by atoms with Gasteiger partial charge in [0.15, 0.2) is 0 Å². The third kappa shape index (κ3) is 4.11. The van der Waals surface area contributed by atoms with E-state index in [9.17, 15) is 14.7 Å². The van der Waals surface area contributed by atoms with Crippen LogP contribution in [0.5, 0.6) is 5.88 Å². The van der Waals surface area contributed by atoms with Crippen LogP contribution in [0.15, 0.2) is 12.3 Å². The minimum absolute atomic E-state index is 0.0328. The zero-order chi connectivity index (χ0) is 17.0. The highest BCUT2D eigenvalue weighted by molar-refractivity contribution is 6.32. The maximum atomic E-state index is 12.6. The molecule has 0 radical (unpaired) electrons. The Balaban J connectivity index is 2.13. The number of rotatable bonds is 4. The number of hydrogen-bond acceptors (Lipinski definition) is 5. The van der Waals surface area contributed by atoms with Gasteiger partial charge in [-0.1, -0.05) is 11.6 Å². The number of amides is 2. The zero-order valence-corrected chi connectivity index (χ0v) is 13.9. The van der Waals surface area contributed by atoms with Gasteiger partial charge < -0.3 is 20.1 Å². The van der Waals surface area contributed by atoms with Gasteiger partial charge in [-0.15, -0.1) is 0 Å². The minimum Gasteiger partial charge on any atom is -0.480 e. The first-order chi connectivity index (χ1) is 10.9. The number of aliphatic hydroxyl groups is 1. The van der Waals surface area contributed by atoms with Crippen LogP contribution in [0.25, 0.3) is 0 Å². The summed E-state index contributed by atoms with van der Waals surface area (Å²) in [7, 11) is 2.96. The topological polar surface area (TPSA) is 91.8 Å². The summed E-state index contributed by atoms with van der Waals surface area (Å²) < 4.78 is 4.96. The molecular weight excluding hydrogens is 322 g/mol. The highest BCUT2D eigenvalue weighted by Gasteiger charge is 2.37. The van der Waals surface area contributed by atoms with Crippen LogP contribution in [0.2, 0.25) is 5.02 Å². The molecule has 0 aromatic carbocycles. The molecular formula is C15H20ClN3O4. The van der Waals surface area contributed by atoms with Crippen molar-refractivity contribution >= 4 is 23.4 Å². The molecule has 1 atom stereocenters. The first-order valence-corrected chi connectivity index (χ1v) is 7.68. The fraction of sp³-hybridized carbons (Fsp3) is 0.533. The van der Waals surface area contributed by atoms with E-state index in [1.54, 1.807) is 0 Å². The van der Waals surface area contributed by atoms with Crippen LogP contribution in [0.1, 0.15) is 29.6 Å². The summed E-state index contributed by atoms with van der Waals surface area (Å²) in [6, 6.07) is 1.49. The first-order valence-electron chi connectivity index (χ1n) is 7.30. The van der Waals surface area contributed by atoms with Gasteiger partial charge in [0.05, 0.1) is 31.2 Å². The average molecular weight is 342 g/mol. The number of likely N-dealkylation sites (tertiary alicyclic amines) is 1. The van der Waals surface area contributed by atoms with E-state index in [4.69, 9.17) is 16.3 Å². The van der Waals surface area contributed by atoms with Crippen molar-refractivity contribution in [2.45, 2.75) is 24.9 Å². The molecule has 1 saturated heterocycles. The van der Waals surface area contributed by atoms with Gasteiger partial charge in [0.2, 0.25) is 11.8 Å². The summed E-state index contributed by atoms with van der Waals surface area (Å²) in [6.45, 7) is 0.613. The van der Waals surface area contributed by atoms with Gasteiger partial charge >= 0.3 is 0 Å². The number of nitrogens with zero attached hydrogens (tertiary/aromatic N) is 2. The van der Waals surface area contributed by atoms with E-state index in [0.29, 0.717) is 24.9 Å². The Labute approximate surface area is 139 Å². The van der Waals surface area contributed by atoms with Crippen LogP contribution in [-0.2, 0) is 4.79 Å². The number of nitrogens with one attached hydrogen (secondary N) is 1. The standard InChI is InChI=1S/C15H20ClN3O4/c1-17-12(20)7-15(22)4-3-5-19(9-15)14(21)10-6-11(16)13(23-2)18-8-10/h6,8,22H,3-5,7,9H2,1-2H3,(H,17,20). The molecule has 0 saturated carbocycles. The highest BCUT2D eigenvalue weighted by Crippen LogP contribution is 2.27.